The number of hydrogen-bond acceptors (Lipinski definition) is 2. The molecule has 15 heavy (non-hydrogen) atoms. The van der Waals surface area contributed by atoms with Gasteiger partial charge in [-0.3, -0.25) is 0 Å². The van der Waals surface area contributed by atoms with Crippen molar-refractivity contribution in [2.24, 2.45) is 11.3 Å². The second kappa shape index (κ2) is 4.67. The fourth-order valence-electron chi connectivity index (χ4n) is 2.13. The summed E-state index contributed by atoms with van der Waals surface area (Å²) in [4.78, 5) is 0. The first-order valence-electron chi connectivity index (χ1n) is 5.78. The standard InChI is InChI=1S/C13H23O2/c1-9(2)5-6-10-11(14)7-13(3,4)8-12(10)15/h9,11-12,14-15H,5,7-8H2,1-4H3. The van der Waals surface area contributed by atoms with Crippen molar-refractivity contribution in [3.8, 4) is 0 Å². The van der Waals surface area contributed by atoms with Crippen LogP contribution in [0.25, 0.3) is 0 Å². The second-order valence-electron chi connectivity index (χ2n) is 5.83. The first kappa shape index (κ1) is 12.7. The number of hydrogen-bond donors (Lipinski definition) is 2. The van der Waals surface area contributed by atoms with E-state index in [-0.39, 0.29) is 5.41 Å². The van der Waals surface area contributed by atoms with E-state index in [0.29, 0.717) is 11.5 Å². The quantitative estimate of drug-likeness (QED) is 0.736. The van der Waals surface area contributed by atoms with E-state index in [4.69, 9.17) is 0 Å². The largest absolute Gasteiger partial charge is 0.389 e. The third kappa shape index (κ3) is 3.62. The fourth-order valence-corrected chi connectivity index (χ4v) is 2.13. The Balaban J connectivity index is 2.70. The van der Waals surface area contributed by atoms with E-state index < -0.39 is 12.2 Å². The minimum absolute atomic E-state index is 0.0296. The molecule has 2 N–H and O–H groups in total. The second-order valence-corrected chi connectivity index (χ2v) is 5.83. The molecule has 2 nitrogen and oxygen atoms in total. The van der Waals surface area contributed by atoms with Crippen LogP contribution in [-0.2, 0) is 0 Å². The molecule has 0 aliphatic heterocycles. The fraction of sp³-hybridized carbons (Fsp3) is 0.846. The van der Waals surface area contributed by atoms with E-state index in [9.17, 15) is 10.2 Å². The zero-order valence-electron chi connectivity index (χ0n) is 10.2. The van der Waals surface area contributed by atoms with E-state index in [1.807, 2.05) is 0 Å². The Bertz CT molecular complexity index is 225. The van der Waals surface area contributed by atoms with Crippen LogP contribution in [0.1, 0.15) is 47.0 Å². The molecule has 1 rings (SSSR count). The predicted octanol–water partition coefficient (Wildman–Crippen LogP) is 2.30. The van der Waals surface area contributed by atoms with Gasteiger partial charge in [0.15, 0.2) is 0 Å². The zero-order valence-corrected chi connectivity index (χ0v) is 10.2. The summed E-state index contributed by atoms with van der Waals surface area (Å²) in [5.41, 5.74) is 0.741. The zero-order chi connectivity index (χ0) is 11.6. The molecule has 1 aliphatic rings. The van der Waals surface area contributed by atoms with E-state index >= 15 is 0 Å². The number of aliphatic hydroxyl groups excluding tert-OH is 2. The molecule has 0 aromatic carbocycles. The van der Waals surface area contributed by atoms with Gasteiger partial charge in [-0.15, -0.1) is 0 Å². The van der Waals surface area contributed by atoms with Gasteiger partial charge >= 0.3 is 0 Å². The molecule has 2 atom stereocenters. The molecule has 0 amide bonds. The van der Waals surface area contributed by atoms with E-state index in [0.717, 1.165) is 19.3 Å². The van der Waals surface area contributed by atoms with Crippen LogP contribution >= 0.6 is 0 Å². The van der Waals surface area contributed by atoms with Crippen LogP contribution in [0.5, 0.6) is 0 Å². The van der Waals surface area contributed by atoms with E-state index in [1.165, 1.54) is 0 Å². The lowest BCUT2D eigenvalue weighted by atomic mass is 9.72. The highest BCUT2D eigenvalue weighted by Gasteiger charge is 2.35. The normalized spacial score (nSPS) is 30.7. The van der Waals surface area contributed by atoms with Crippen LogP contribution in [0.3, 0.4) is 0 Å². The highest BCUT2D eigenvalue weighted by atomic mass is 16.3. The molecule has 0 spiro atoms. The number of aliphatic hydroxyl groups is 2. The highest BCUT2D eigenvalue weighted by Crippen LogP contribution is 2.38. The van der Waals surface area contributed by atoms with Gasteiger partial charge in [0, 0.05) is 0 Å². The maximum absolute atomic E-state index is 9.93. The number of rotatable bonds is 2. The predicted molar refractivity (Wildman–Crippen MR) is 61.2 cm³/mol. The Morgan fingerprint density at radius 3 is 2.13 bits per heavy atom. The summed E-state index contributed by atoms with van der Waals surface area (Å²) >= 11 is 0. The highest BCUT2D eigenvalue weighted by molar-refractivity contribution is 5.15. The van der Waals surface area contributed by atoms with Crippen LogP contribution in [0.2, 0.25) is 0 Å². The van der Waals surface area contributed by atoms with Crippen molar-refractivity contribution in [3.05, 3.63) is 11.6 Å². The molecule has 1 aliphatic carbocycles. The van der Waals surface area contributed by atoms with Crippen molar-refractivity contribution in [3.63, 3.8) is 0 Å². The van der Waals surface area contributed by atoms with Crippen LogP contribution in [0.4, 0.5) is 0 Å². The average Bonchev–Trinajstić information content (AvgIpc) is 1.98. The Morgan fingerprint density at radius 1 is 1.27 bits per heavy atom. The summed E-state index contributed by atoms with van der Waals surface area (Å²) in [6, 6.07) is 0. The van der Waals surface area contributed by atoms with Gasteiger partial charge in [0.05, 0.1) is 12.2 Å². The summed E-state index contributed by atoms with van der Waals surface area (Å²) in [5, 5.41) is 19.9. The van der Waals surface area contributed by atoms with Gasteiger partial charge in [0.2, 0.25) is 0 Å². The molecular weight excluding hydrogens is 188 g/mol. The van der Waals surface area contributed by atoms with Crippen molar-refractivity contribution >= 4 is 0 Å². The van der Waals surface area contributed by atoms with Crippen molar-refractivity contribution in [1.29, 1.82) is 0 Å². The molecule has 87 valence electrons. The van der Waals surface area contributed by atoms with Crippen LogP contribution in [-0.4, -0.2) is 22.4 Å². The van der Waals surface area contributed by atoms with Crippen LogP contribution in [0, 0.1) is 17.4 Å². The number of allylic oxidation sites excluding steroid dienone is 1. The maximum Gasteiger partial charge on any atom is 0.0785 e. The molecule has 0 bridgehead atoms. The van der Waals surface area contributed by atoms with Crippen LogP contribution < -0.4 is 0 Å². The Labute approximate surface area is 93.0 Å². The molecule has 1 saturated carbocycles. The lowest BCUT2D eigenvalue weighted by Gasteiger charge is -2.37. The van der Waals surface area contributed by atoms with Crippen molar-refractivity contribution in [2.45, 2.75) is 59.2 Å². The van der Waals surface area contributed by atoms with Crippen molar-refractivity contribution in [1.82, 2.24) is 0 Å². The Kier molecular flexibility index (Phi) is 3.96. The lowest BCUT2D eigenvalue weighted by Crippen LogP contribution is -2.37. The monoisotopic (exact) mass is 211 g/mol. The van der Waals surface area contributed by atoms with Gasteiger partial charge in [-0.25, -0.2) is 0 Å². The summed E-state index contributed by atoms with van der Waals surface area (Å²) in [7, 11) is 0. The summed E-state index contributed by atoms with van der Waals surface area (Å²) in [6.45, 7) is 8.38. The SMILES string of the molecule is CC(C)C[C]=C1C(O)CC(C)(C)CC1O. The molecule has 1 fully saturated rings. The molecule has 0 heterocycles. The molecule has 1 radical (unpaired) electrons. The minimum Gasteiger partial charge on any atom is -0.389 e. The Hall–Kier alpha value is -0.340. The van der Waals surface area contributed by atoms with E-state index in [2.05, 4.69) is 33.8 Å². The third-order valence-electron chi connectivity index (χ3n) is 2.92. The molecule has 2 heteroatoms. The summed E-state index contributed by atoms with van der Waals surface area (Å²) < 4.78 is 0. The third-order valence-corrected chi connectivity index (χ3v) is 2.92. The van der Waals surface area contributed by atoms with E-state index in [1.54, 1.807) is 0 Å². The minimum atomic E-state index is -0.512. The molecule has 2 unspecified atom stereocenters. The first-order chi connectivity index (χ1) is 6.82. The molecular formula is C13H23O2. The van der Waals surface area contributed by atoms with Crippen molar-refractivity contribution < 1.29 is 10.2 Å². The first-order valence-corrected chi connectivity index (χ1v) is 5.78. The lowest BCUT2D eigenvalue weighted by molar-refractivity contribution is 0.0350. The van der Waals surface area contributed by atoms with Gasteiger partial charge in [-0.05, 0) is 42.2 Å². The van der Waals surface area contributed by atoms with Gasteiger partial charge in [-0.1, -0.05) is 27.7 Å². The smallest absolute Gasteiger partial charge is 0.0785 e. The van der Waals surface area contributed by atoms with Crippen molar-refractivity contribution in [2.75, 3.05) is 0 Å². The average molecular weight is 211 g/mol. The summed E-state index contributed by atoms with van der Waals surface area (Å²) in [6.07, 6.45) is 4.41. The topological polar surface area (TPSA) is 40.5 Å². The van der Waals surface area contributed by atoms with Gasteiger partial charge in [0.1, 0.15) is 0 Å². The maximum atomic E-state index is 9.93. The molecule has 0 aromatic rings. The summed E-state index contributed by atoms with van der Waals surface area (Å²) in [5.74, 6) is 0.520. The molecule has 0 aromatic heterocycles. The van der Waals surface area contributed by atoms with Gasteiger partial charge in [0.25, 0.3) is 0 Å². The van der Waals surface area contributed by atoms with Crippen LogP contribution in [0.15, 0.2) is 5.57 Å². The van der Waals surface area contributed by atoms with Gasteiger partial charge in [-0.2, -0.15) is 0 Å². The van der Waals surface area contributed by atoms with Gasteiger partial charge < -0.3 is 10.2 Å². The Morgan fingerprint density at radius 2 is 1.73 bits per heavy atom. The molecule has 0 saturated heterocycles.